The van der Waals surface area contributed by atoms with Crippen molar-refractivity contribution < 1.29 is 0 Å². The fraction of sp³-hybridized carbons (Fsp3) is 0.375. The minimum absolute atomic E-state index is 0.548. The van der Waals surface area contributed by atoms with Crippen LogP contribution in [0.2, 0.25) is 0 Å². The van der Waals surface area contributed by atoms with Gasteiger partial charge in [-0.05, 0) is 19.9 Å². The Kier molecular flexibility index (Phi) is 5.68. The summed E-state index contributed by atoms with van der Waals surface area (Å²) < 4.78 is 0. The second-order valence-corrected chi connectivity index (χ2v) is 1.89. The largest absolute Gasteiger partial charge is 0.327 e. The van der Waals surface area contributed by atoms with Gasteiger partial charge in [0, 0.05) is 18.5 Å². The monoisotopic (exact) mass is 138 g/mol. The van der Waals surface area contributed by atoms with E-state index in [9.17, 15) is 0 Å². The molecule has 0 saturated heterocycles. The Bertz CT molecular complexity index is 155. The topological polar surface area (TPSA) is 38.4 Å². The van der Waals surface area contributed by atoms with Crippen LogP contribution in [-0.4, -0.2) is 12.3 Å². The standard InChI is InChI=1S/C8H14N2/c1-3-5-8(2)10-7-4-6-9/h3-5,7H,6,9H2,1-2H3/b5-3+,7-4+,10-8-. The van der Waals surface area contributed by atoms with Crippen molar-refractivity contribution in [3.8, 4) is 0 Å². The van der Waals surface area contributed by atoms with Crippen LogP contribution in [0.3, 0.4) is 0 Å². The summed E-state index contributed by atoms with van der Waals surface area (Å²) in [5, 5.41) is 0. The van der Waals surface area contributed by atoms with Gasteiger partial charge in [-0.1, -0.05) is 12.2 Å². The Labute approximate surface area is 62.1 Å². The molecule has 2 nitrogen and oxygen atoms in total. The normalized spacial score (nSPS) is 13.7. The molecule has 0 bridgehead atoms. The van der Waals surface area contributed by atoms with Crippen LogP contribution in [-0.2, 0) is 0 Å². The average molecular weight is 138 g/mol. The van der Waals surface area contributed by atoms with Gasteiger partial charge >= 0.3 is 0 Å². The van der Waals surface area contributed by atoms with Gasteiger partial charge in [-0.25, -0.2) is 0 Å². The van der Waals surface area contributed by atoms with E-state index < -0.39 is 0 Å². The Hall–Kier alpha value is -0.890. The molecule has 0 aromatic carbocycles. The van der Waals surface area contributed by atoms with Gasteiger partial charge in [0.1, 0.15) is 0 Å². The van der Waals surface area contributed by atoms with Crippen LogP contribution >= 0.6 is 0 Å². The van der Waals surface area contributed by atoms with Gasteiger partial charge in [-0.15, -0.1) is 0 Å². The highest BCUT2D eigenvalue weighted by atomic mass is 14.7. The van der Waals surface area contributed by atoms with Gasteiger partial charge in [0.05, 0.1) is 0 Å². The van der Waals surface area contributed by atoms with Crippen LogP contribution in [0.25, 0.3) is 0 Å². The molecular formula is C8H14N2. The fourth-order valence-corrected chi connectivity index (χ4v) is 0.515. The fourth-order valence-electron chi connectivity index (χ4n) is 0.515. The molecule has 0 fully saturated rings. The summed E-state index contributed by atoms with van der Waals surface area (Å²) in [4.78, 5) is 4.07. The molecule has 0 saturated carbocycles. The molecule has 0 atom stereocenters. The Morgan fingerprint density at radius 3 is 2.80 bits per heavy atom. The molecule has 0 amide bonds. The molecule has 0 rings (SSSR count). The Morgan fingerprint density at radius 1 is 1.60 bits per heavy atom. The van der Waals surface area contributed by atoms with Crippen LogP contribution in [0.5, 0.6) is 0 Å². The van der Waals surface area contributed by atoms with Gasteiger partial charge in [0.15, 0.2) is 0 Å². The van der Waals surface area contributed by atoms with Crippen molar-refractivity contribution in [3.05, 3.63) is 24.4 Å². The highest BCUT2D eigenvalue weighted by Gasteiger charge is 1.75. The van der Waals surface area contributed by atoms with Crippen LogP contribution in [0.15, 0.2) is 29.4 Å². The first kappa shape index (κ1) is 9.11. The predicted octanol–water partition coefficient (Wildman–Crippen LogP) is 1.50. The SMILES string of the molecule is C/C=C/C(C)=N\C=C\CN. The van der Waals surface area contributed by atoms with Gasteiger partial charge in [-0.2, -0.15) is 0 Å². The van der Waals surface area contributed by atoms with E-state index in [1.807, 2.05) is 32.1 Å². The summed E-state index contributed by atoms with van der Waals surface area (Å²) in [6.07, 6.45) is 7.43. The molecule has 0 aliphatic rings. The molecule has 0 aliphatic carbocycles. The van der Waals surface area contributed by atoms with Crippen LogP contribution < -0.4 is 5.73 Å². The number of hydrogen-bond acceptors (Lipinski definition) is 2. The Balaban J connectivity index is 3.79. The zero-order valence-electron chi connectivity index (χ0n) is 6.54. The van der Waals surface area contributed by atoms with E-state index >= 15 is 0 Å². The second kappa shape index (κ2) is 6.23. The maximum atomic E-state index is 5.21. The molecule has 10 heavy (non-hydrogen) atoms. The van der Waals surface area contributed by atoms with Crippen LogP contribution in [0, 0.1) is 0 Å². The van der Waals surface area contributed by atoms with E-state index in [1.54, 1.807) is 6.20 Å². The summed E-state index contributed by atoms with van der Waals surface area (Å²) in [7, 11) is 0. The van der Waals surface area contributed by atoms with E-state index in [2.05, 4.69) is 4.99 Å². The summed E-state index contributed by atoms with van der Waals surface area (Å²) in [5.41, 5.74) is 6.21. The number of nitrogens with zero attached hydrogens (tertiary/aromatic N) is 1. The zero-order valence-corrected chi connectivity index (χ0v) is 6.54. The summed E-state index contributed by atoms with van der Waals surface area (Å²) >= 11 is 0. The molecule has 0 aromatic heterocycles. The molecule has 0 aliphatic heterocycles. The van der Waals surface area contributed by atoms with E-state index in [1.165, 1.54) is 0 Å². The maximum Gasteiger partial charge on any atom is 0.0369 e. The van der Waals surface area contributed by atoms with Crippen molar-refractivity contribution in [2.24, 2.45) is 10.7 Å². The quantitative estimate of drug-likeness (QED) is 0.589. The lowest BCUT2D eigenvalue weighted by Gasteiger charge is -1.84. The van der Waals surface area contributed by atoms with Gasteiger partial charge in [0.2, 0.25) is 0 Å². The van der Waals surface area contributed by atoms with Crippen molar-refractivity contribution >= 4 is 5.71 Å². The first-order valence-corrected chi connectivity index (χ1v) is 3.33. The molecule has 56 valence electrons. The van der Waals surface area contributed by atoms with Crippen molar-refractivity contribution in [2.75, 3.05) is 6.54 Å². The first-order valence-electron chi connectivity index (χ1n) is 3.33. The lowest BCUT2D eigenvalue weighted by atomic mass is 10.4. The average Bonchev–Trinajstić information content (AvgIpc) is 1.89. The second-order valence-electron chi connectivity index (χ2n) is 1.89. The van der Waals surface area contributed by atoms with Crippen molar-refractivity contribution in [2.45, 2.75) is 13.8 Å². The van der Waals surface area contributed by atoms with E-state index in [0.29, 0.717) is 6.54 Å². The molecular weight excluding hydrogens is 124 g/mol. The third-order valence-electron chi connectivity index (χ3n) is 0.928. The maximum absolute atomic E-state index is 5.21. The molecule has 2 N–H and O–H groups in total. The zero-order chi connectivity index (χ0) is 7.82. The highest BCUT2D eigenvalue weighted by Crippen LogP contribution is 1.82. The minimum Gasteiger partial charge on any atom is -0.327 e. The third-order valence-corrected chi connectivity index (χ3v) is 0.928. The molecule has 0 unspecified atom stereocenters. The highest BCUT2D eigenvalue weighted by molar-refractivity contribution is 5.93. The summed E-state index contributed by atoms with van der Waals surface area (Å²) in [5.74, 6) is 0. The van der Waals surface area contributed by atoms with E-state index in [0.717, 1.165) is 5.71 Å². The van der Waals surface area contributed by atoms with Crippen molar-refractivity contribution in [1.82, 2.24) is 0 Å². The molecule has 0 spiro atoms. The summed E-state index contributed by atoms with van der Waals surface area (Å²) in [6.45, 7) is 4.46. The van der Waals surface area contributed by atoms with E-state index in [-0.39, 0.29) is 0 Å². The molecule has 2 heteroatoms. The minimum atomic E-state index is 0.548. The molecule has 0 heterocycles. The van der Waals surface area contributed by atoms with Crippen molar-refractivity contribution in [3.63, 3.8) is 0 Å². The first-order chi connectivity index (χ1) is 4.81. The smallest absolute Gasteiger partial charge is 0.0369 e. The van der Waals surface area contributed by atoms with E-state index in [4.69, 9.17) is 5.73 Å². The summed E-state index contributed by atoms with van der Waals surface area (Å²) in [6, 6.07) is 0. The van der Waals surface area contributed by atoms with Gasteiger partial charge in [0.25, 0.3) is 0 Å². The van der Waals surface area contributed by atoms with Gasteiger partial charge < -0.3 is 5.73 Å². The third kappa shape index (κ3) is 5.25. The van der Waals surface area contributed by atoms with Gasteiger partial charge in [-0.3, -0.25) is 4.99 Å². The molecule has 0 aromatic rings. The number of hydrogen-bond donors (Lipinski definition) is 1. The lowest BCUT2D eigenvalue weighted by Crippen LogP contribution is -1.92. The number of nitrogens with two attached hydrogens (primary N) is 1. The van der Waals surface area contributed by atoms with Crippen LogP contribution in [0.1, 0.15) is 13.8 Å². The predicted molar refractivity (Wildman–Crippen MR) is 46.1 cm³/mol. The Morgan fingerprint density at radius 2 is 2.30 bits per heavy atom. The van der Waals surface area contributed by atoms with Crippen molar-refractivity contribution in [1.29, 1.82) is 0 Å². The lowest BCUT2D eigenvalue weighted by molar-refractivity contribution is 1.24. The number of rotatable bonds is 3. The number of aliphatic imine (C=N–C) groups is 1. The number of allylic oxidation sites excluding steroid dienone is 2. The van der Waals surface area contributed by atoms with Crippen LogP contribution in [0.4, 0.5) is 0 Å². The molecule has 0 radical (unpaired) electrons.